The maximum absolute atomic E-state index is 4.46. The quantitative estimate of drug-likeness (QED) is 0.684. The zero-order valence-electron chi connectivity index (χ0n) is 13.9. The molecule has 0 aliphatic carbocycles. The van der Waals surface area contributed by atoms with Gasteiger partial charge in [-0.05, 0) is 24.7 Å². The number of hydrogen-bond donors (Lipinski definition) is 1. The number of piperidine rings is 1. The van der Waals surface area contributed by atoms with E-state index >= 15 is 0 Å². The van der Waals surface area contributed by atoms with Crippen molar-refractivity contribution in [2.24, 2.45) is 17.5 Å². The van der Waals surface area contributed by atoms with Gasteiger partial charge in [-0.15, -0.1) is 0 Å². The molecule has 1 fully saturated rings. The summed E-state index contributed by atoms with van der Waals surface area (Å²) in [7, 11) is 3.82. The van der Waals surface area contributed by atoms with Crippen molar-refractivity contribution >= 4 is 5.96 Å². The number of aryl methyl sites for hydroxylation is 1. The smallest absolute Gasteiger partial charge is 0.193 e. The molecule has 5 nitrogen and oxygen atoms in total. The number of guanidine groups is 1. The molecule has 2 rings (SSSR count). The van der Waals surface area contributed by atoms with Gasteiger partial charge in [0, 0.05) is 45.5 Å². The number of rotatable bonds is 4. The molecule has 1 atom stereocenters. The van der Waals surface area contributed by atoms with Gasteiger partial charge in [0.25, 0.3) is 0 Å². The maximum Gasteiger partial charge on any atom is 0.193 e. The Labute approximate surface area is 128 Å². The predicted molar refractivity (Wildman–Crippen MR) is 87.2 cm³/mol. The van der Waals surface area contributed by atoms with Crippen molar-refractivity contribution in [3.63, 3.8) is 0 Å². The summed E-state index contributed by atoms with van der Waals surface area (Å²) < 4.78 is 1.83. The monoisotopic (exact) mass is 291 g/mol. The molecule has 1 saturated heterocycles. The van der Waals surface area contributed by atoms with Gasteiger partial charge in [0.05, 0.1) is 6.20 Å². The van der Waals surface area contributed by atoms with Crippen molar-refractivity contribution in [2.75, 3.05) is 20.1 Å². The van der Waals surface area contributed by atoms with Crippen molar-refractivity contribution in [3.05, 3.63) is 18.0 Å². The number of nitrogens with zero attached hydrogens (tertiary/aromatic N) is 4. The van der Waals surface area contributed by atoms with E-state index in [1.165, 1.54) is 31.2 Å². The lowest BCUT2D eigenvalue weighted by molar-refractivity contribution is 0.142. The number of nitrogens with one attached hydrogen (secondary N) is 1. The van der Waals surface area contributed by atoms with Gasteiger partial charge in [-0.3, -0.25) is 9.67 Å². The minimum absolute atomic E-state index is 0.429. The van der Waals surface area contributed by atoms with Crippen LogP contribution in [0.4, 0.5) is 0 Å². The standard InChI is InChI=1S/C16H29N5/c1-5-7-16(2)8-6-9-21(13-16)15(17-3)18-10-14-11-19-20(4)12-14/h11-12H,5-10,13H2,1-4H3,(H,17,18). The summed E-state index contributed by atoms with van der Waals surface area (Å²) in [4.78, 5) is 6.88. The molecule has 1 aliphatic rings. The highest BCUT2D eigenvalue weighted by Gasteiger charge is 2.31. The van der Waals surface area contributed by atoms with Crippen LogP contribution in [0.3, 0.4) is 0 Å². The van der Waals surface area contributed by atoms with Crippen LogP contribution in [0.5, 0.6) is 0 Å². The van der Waals surface area contributed by atoms with Crippen molar-refractivity contribution in [1.82, 2.24) is 20.0 Å². The molecule has 0 bridgehead atoms. The van der Waals surface area contributed by atoms with Crippen LogP contribution >= 0.6 is 0 Å². The number of aliphatic imine (C=N–C) groups is 1. The van der Waals surface area contributed by atoms with E-state index in [4.69, 9.17) is 0 Å². The minimum atomic E-state index is 0.429. The molecular formula is C16H29N5. The van der Waals surface area contributed by atoms with Crippen molar-refractivity contribution in [2.45, 2.75) is 46.1 Å². The van der Waals surface area contributed by atoms with E-state index in [-0.39, 0.29) is 0 Å². The third kappa shape index (κ3) is 4.22. The molecule has 2 heterocycles. The topological polar surface area (TPSA) is 45.4 Å². The lowest BCUT2D eigenvalue weighted by atomic mass is 9.78. The molecule has 0 radical (unpaired) electrons. The van der Waals surface area contributed by atoms with Gasteiger partial charge in [-0.25, -0.2) is 0 Å². The zero-order chi connectivity index (χ0) is 15.3. The van der Waals surface area contributed by atoms with Gasteiger partial charge in [0.15, 0.2) is 5.96 Å². The van der Waals surface area contributed by atoms with Crippen LogP contribution in [0.1, 0.15) is 45.1 Å². The highest BCUT2D eigenvalue weighted by molar-refractivity contribution is 5.80. The van der Waals surface area contributed by atoms with Gasteiger partial charge >= 0.3 is 0 Å². The molecule has 1 N–H and O–H groups in total. The Balaban J connectivity index is 1.94. The molecule has 118 valence electrons. The Bertz CT molecular complexity index is 475. The summed E-state index contributed by atoms with van der Waals surface area (Å²) in [6.45, 7) is 7.68. The van der Waals surface area contributed by atoms with Crippen molar-refractivity contribution < 1.29 is 0 Å². The van der Waals surface area contributed by atoms with Crippen LogP contribution in [0.15, 0.2) is 17.4 Å². The molecular weight excluding hydrogens is 262 g/mol. The normalized spacial score (nSPS) is 23.4. The van der Waals surface area contributed by atoms with Crippen LogP contribution in [-0.2, 0) is 13.6 Å². The summed E-state index contributed by atoms with van der Waals surface area (Å²) in [5, 5.41) is 7.67. The van der Waals surface area contributed by atoms with E-state index < -0.39 is 0 Å². The summed E-state index contributed by atoms with van der Waals surface area (Å²) in [5.41, 5.74) is 1.62. The van der Waals surface area contributed by atoms with Gasteiger partial charge in [-0.1, -0.05) is 20.3 Å². The summed E-state index contributed by atoms with van der Waals surface area (Å²) in [6.07, 6.45) is 9.07. The molecule has 1 aromatic rings. The zero-order valence-corrected chi connectivity index (χ0v) is 13.9. The summed E-state index contributed by atoms with van der Waals surface area (Å²) >= 11 is 0. The summed E-state index contributed by atoms with van der Waals surface area (Å²) in [6, 6.07) is 0. The van der Waals surface area contributed by atoms with Gasteiger partial charge in [0.2, 0.25) is 0 Å². The first-order valence-electron chi connectivity index (χ1n) is 7.99. The first-order valence-corrected chi connectivity index (χ1v) is 7.99. The number of aromatic nitrogens is 2. The van der Waals surface area contributed by atoms with Crippen LogP contribution < -0.4 is 5.32 Å². The Morgan fingerprint density at radius 1 is 1.52 bits per heavy atom. The second-order valence-corrected chi connectivity index (χ2v) is 6.51. The summed E-state index contributed by atoms with van der Waals surface area (Å²) in [5.74, 6) is 1.01. The van der Waals surface area contributed by atoms with Gasteiger partial charge in [0.1, 0.15) is 0 Å². The fourth-order valence-corrected chi connectivity index (χ4v) is 3.38. The molecule has 0 saturated carbocycles. The Morgan fingerprint density at radius 2 is 2.33 bits per heavy atom. The maximum atomic E-state index is 4.46. The average Bonchev–Trinajstić information content (AvgIpc) is 2.85. The van der Waals surface area contributed by atoms with Gasteiger partial charge < -0.3 is 10.2 Å². The predicted octanol–water partition coefficient (Wildman–Crippen LogP) is 2.40. The first-order chi connectivity index (χ1) is 10.1. The van der Waals surface area contributed by atoms with Crippen LogP contribution in [0.25, 0.3) is 0 Å². The van der Waals surface area contributed by atoms with E-state index in [9.17, 15) is 0 Å². The number of hydrogen-bond acceptors (Lipinski definition) is 2. The molecule has 5 heteroatoms. The lowest BCUT2D eigenvalue weighted by Gasteiger charge is -2.42. The Morgan fingerprint density at radius 3 is 2.95 bits per heavy atom. The third-order valence-electron chi connectivity index (χ3n) is 4.35. The van der Waals surface area contributed by atoms with E-state index in [1.807, 2.05) is 31.2 Å². The first kappa shape index (κ1) is 15.9. The largest absolute Gasteiger partial charge is 0.352 e. The van der Waals surface area contributed by atoms with Crippen LogP contribution in [-0.4, -0.2) is 40.8 Å². The van der Waals surface area contributed by atoms with E-state index in [2.05, 4.69) is 34.2 Å². The highest BCUT2D eigenvalue weighted by atomic mass is 15.3. The van der Waals surface area contributed by atoms with Crippen LogP contribution in [0.2, 0.25) is 0 Å². The van der Waals surface area contributed by atoms with Crippen LogP contribution in [0, 0.1) is 5.41 Å². The number of likely N-dealkylation sites (tertiary alicyclic amines) is 1. The Kier molecular flexibility index (Phi) is 5.26. The van der Waals surface area contributed by atoms with E-state index in [0.29, 0.717) is 5.41 Å². The molecule has 1 aliphatic heterocycles. The third-order valence-corrected chi connectivity index (χ3v) is 4.35. The highest BCUT2D eigenvalue weighted by Crippen LogP contribution is 2.33. The SMILES string of the molecule is CCCC1(C)CCCN(C(=NC)NCc2cnn(C)c2)C1. The van der Waals surface area contributed by atoms with Crippen molar-refractivity contribution in [3.8, 4) is 0 Å². The van der Waals surface area contributed by atoms with E-state index in [1.54, 1.807) is 0 Å². The van der Waals surface area contributed by atoms with E-state index in [0.717, 1.165) is 25.6 Å². The average molecular weight is 291 g/mol. The molecule has 0 amide bonds. The Hall–Kier alpha value is -1.52. The second-order valence-electron chi connectivity index (χ2n) is 6.51. The van der Waals surface area contributed by atoms with Gasteiger partial charge in [-0.2, -0.15) is 5.10 Å². The molecule has 21 heavy (non-hydrogen) atoms. The molecule has 0 aromatic carbocycles. The van der Waals surface area contributed by atoms with Crippen molar-refractivity contribution in [1.29, 1.82) is 0 Å². The molecule has 1 aromatic heterocycles. The molecule has 1 unspecified atom stereocenters. The minimum Gasteiger partial charge on any atom is -0.352 e. The molecule has 0 spiro atoms. The fraction of sp³-hybridized carbons (Fsp3) is 0.750. The fourth-order valence-electron chi connectivity index (χ4n) is 3.38. The second kappa shape index (κ2) is 6.96. The lowest BCUT2D eigenvalue weighted by Crippen LogP contribution is -2.49.